The highest BCUT2D eigenvalue weighted by Gasteiger charge is 2.51. The lowest BCUT2D eigenvalue weighted by molar-refractivity contribution is -0.00518. The van der Waals surface area contributed by atoms with Gasteiger partial charge >= 0.3 is 0 Å². The van der Waals surface area contributed by atoms with E-state index in [0.29, 0.717) is 5.41 Å². The fraction of sp³-hybridized carbons (Fsp3) is 0.172. The Balaban J connectivity index is 0.992. The number of hydrogen-bond acceptors (Lipinski definition) is 1. The van der Waals surface area contributed by atoms with Gasteiger partial charge in [0.15, 0.2) is 0 Å². The fourth-order valence-electron chi connectivity index (χ4n) is 12.2. The Morgan fingerprint density at radius 2 is 0.898 bits per heavy atom. The van der Waals surface area contributed by atoms with Gasteiger partial charge in [-0.1, -0.05) is 152 Å². The molecule has 0 aliphatic heterocycles. The summed E-state index contributed by atoms with van der Waals surface area (Å²) in [4.78, 5) is 2.50. The van der Waals surface area contributed by atoms with Crippen LogP contribution in [-0.2, 0) is 5.41 Å². The first-order valence-electron chi connectivity index (χ1n) is 21.8. The van der Waals surface area contributed by atoms with Gasteiger partial charge in [-0.3, -0.25) is 0 Å². The minimum atomic E-state index is 0.366. The number of hydrogen-bond donors (Lipinski definition) is 0. The Bertz CT molecular complexity index is 2970. The van der Waals surface area contributed by atoms with E-state index in [1.807, 2.05) is 0 Å². The fourth-order valence-corrected chi connectivity index (χ4v) is 12.2. The summed E-state index contributed by atoms with van der Waals surface area (Å²) < 4.78 is 0. The summed E-state index contributed by atoms with van der Waals surface area (Å²) in [5.74, 6) is 2.77. The summed E-state index contributed by atoms with van der Waals surface area (Å²) in [7, 11) is 0. The van der Waals surface area contributed by atoms with Crippen molar-refractivity contribution in [1.29, 1.82) is 0 Å². The molecule has 0 aromatic heterocycles. The third kappa shape index (κ3) is 5.90. The smallest absolute Gasteiger partial charge is 0.0540 e. The summed E-state index contributed by atoms with van der Waals surface area (Å²) in [5.41, 5.74) is 13.0. The molecular formula is C58H47N. The maximum atomic E-state index is 2.50. The molecule has 284 valence electrons. The van der Waals surface area contributed by atoms with Gasteiger partial charge in [-0.15, -0.1) is 0 Å². The first-order valence-corrected chi connectivity index (χ1v) is 21.8. The Labute approximate surface area is 347 Å². The van der Waals surface area contributed by atoms with Crippen LogP contribution in [0.4, 0.5) is 17.1 Å². The van der Waals surface area contributed by atoms with Gasteiger partial charge in [0.1, 0.15) is 0 Å². The van der Waals surface area contributed by atoms with Crippen molar-refractivity contribution in [2.45, 2.75) is 43.9 Å². The van der Waals surface area contributed by atoms with Gasteiger partial charge < -0.3 is 4.90 Å². The zero-order valence-corrected chi connectivity index (χ0v) is 33.4. The second-order valence-corrected chi connectivity index (χ2v) is 17.9. The topological polar surface area (TPSA) is 3.24 Å². The van der Waals surface area contributed by atoms with E-state index in [1.165, 1.54) is 116 Å². The largest absolute Gasteiger partial charge is 0.310 e. The van der Waals surface area contributed by atoms with Crippen LogP contribution in [0.15, 0.2) is 194 Å². The van der Waals surface area contributed by atoms with Crippen molar-refractivity contribution in [1.82, 2.24) is 0 Å². The van der Waals surface area contributed by atoms with Gasteiger partial charge in [-0.25, -0.2) is 0 Å². The molecule has 0 amide bonds. The van der Waals surface area contributed by atoms with Crippen molar-refractivity contribution < 1.29 is 0 Å². The predicted octanol–water partition coefficient (Wildman–Crippen LogP) is 16.1. The van der Waals surface area contributed by atoms with E-state index < -0.39 is 0 Å². The number of anilines is 3. The molecule has 13 rings (SSSR count). The predicted molar refractivity (Wildman–Crippen MR) is 250 cm³/mol. The Kier molecular flexibility index (Phi) is 8.12. The van der Waals surface area contributed by atoms with Crippen molar-refractivity contribution in [3.63, 3.8) is 0 Å². The molecule has 0 atom stereocenters. The average Bonchev–Trinajstić information content (AvgIpc) is 3.29. The molecule has 4 aliphatic rings. The van der Waals surface area contributed by atoms with Crippen LogP contribution in [0.25, 0.3) is 65.7 Å². The van der Waals surface area contributed by atoms with E-state index in [2.05, 4.69) is 199 Å². The highest BCUT2D eigenvalue weighted by atomic mass is 15.1. The highest BCUT2D eigenvalue weighted by Crippen LogP contribution is 2.61. The average molecular weight is 758 g/mol. The summed E-state index contributed by atoms with van der Waals surface area (Å²) in [5, 5.41) is 7.59. The summed E-state index contributed by atoms with van der Waals surface area (Å²) in [6, 6.07) is 72.6. The molecule has 4 aliphatic carbocycles. The van der Waals surface area contributed by atoms with E-state index in [1.54, 1.807) is 5.56 Å². The third-order valence-electron chi connectivity index (χ3n) is 14.4. The van der Waals surface area contributed by atoms with Crippen molar-refractivity contribution in [2.75, 3.05) is 4.90 Å². The highest BCUT2D eigenvalue weighted by molar-refractivity contribution is 6.10. The van der Waals surface area contributed by atoms with Gasteiger partial charge in [0.05, 0.1) is 5.69 Å². The Morgan fingerprint density at radius 3 is 1.59 bits per heavy atom. The van der Waals surface area contributed by atoms with Gasteiger partial charge in [-0.05, 0) is 170 Å². The van der Waals surface area contributed by atoms with Crippen LogP contribution in [0.3, 0.4) is 0 Å². The minimum Gasteiger partial charge on any atom is -0.310 e. The van der Waals surface area contributed by atoms with Crippen molar-refractivity contribution in [2.24, 2.45) is 17.8 Å². The molecule has 9 aromatic carbocycles. The van der Waals surface area contributed by atoms with Crippen molar-refractivity contribution in [3.05, 3.63) is 200 Å². The molecule has 0 heterocycles. The number of fused-ring (bicyclic) bond motifs is 3. The van der Waals surface area contributed by atoms with Crippen LogP contribution in [-0.4, -0.2) is 0 Å². The molecule has 0 radical (unpaired) electrons. The van der Waals surface area contributed by atoms with Crippen molar-refractivity contribution in [3.8, 4) is 33.4 Å². The Morgan fingerprint density at radius 1 is 0.356 bits per heavy atom. The van der Waals surface area contributed by atoms with Gasteiger partial charge in [0.25, 0.3) is 0 Å². The van der Waals surface area contributed by atoms with E-state index >= 15 is 0 Å². The first kappa shape index (κ1) is 34.6. The number of benzene rings is 9. The molecule has 4 saturated carbocycles. The SMILES string of the molecule is c1ccc(-c2cc(-c3ccc(N(c4ccc(C56CC7CC(CC(C7)C5)C6)cc4)c4ccc(-c5cccc6ccccc56)c5ccccc45)cc3)cc3ccccc23)cc1. The zero-order chi connectivity index (χ0) is 38.9. The third-order valence-corrected chi connectivity index (χ3v) is 14.4. The van der Waals surface area contributed by atoms with Crippen LogP contribution in [0.2, 0.25) is 0 Å². The Hall–Kier alpha value is -6.44. The lowest BCUT2D eigenvalue weighted by Crippen LogP contribution is -2.48. The van der Waals surface area contributed by atoms with Crippen molar-refractivity contribution >= 4 is 49.4 Å². The molecule has 4 fully saturated rings. The lowest BCUT2D eigenvalue weighted by atomic mass is 9.48. The van der Waals surface area contributed by atoms with Crippen LogP contribution in [0, 0.1) is 17.8 Å². The van der Waals surface area contributed by atoms with E-state index in [0.717, 1.165) is 23.4 Å². The van der Waals surface area contributed by atoms with Gasteiger partial charge in [-0.2, -0.15) is 0 Å². The molecule has 1 heteroatoms. The molecule has 9 aromatic rings. The summed E-state index contributed by atoms with van der Waals surface area (Å²) >= 11 is 0. The second-order valence-electron chi connectivity index (χ2n) is 17.9. The molecule has 0 spiro atoms. The second kappa shape index (κ2) is 13.8. The molecule has 0 N–H and O–H groups in total. The summed E-state index contributed by atoms with van der Waals surface area (Å²) in [6.45, 7) is 0. The van der Waals surface area contributed by atoms with E-state index in [9.17, 15) is 0 Å². The van der Waals surface area contributed by atoms with E-state index in [-0.39, 0.29) is 0 Å². The molecule has 1 nitrogen and oxygen atoms in total. The van der Waals surface area contributed by atoms with E-state index in [4.69, 9.17) is 0 Å². The van der Waals surface area contributed by atoms with Crippen LogP contribution in [0.5, 0.6) is 0 Å². The zero-order valence-electron chi connectivity index (χ0n) is 33.4. The maximum Gasteiger partial charge on any atom is 0.0540 e. The molecule has 4 bridgehead atoms. The summed E-state index contributed by atoms with van der Waals surface area (Å²) in [6.07, 6.45) is 8.54. The lowest BCUT2D eigenvalue weighted by Gasteiger charge is -2.57. The first-order chi connectivity index (χ1) is 29.2. The number of nitrogens with zero attached hydrogens (tertiary/aromatic N) is 1. The van der Waals surface area contributed by atoms with Crippen LogP contribution < -0.4 is 4.90 Å². The monoisotopic (exact) mass is 757 g/mol. The van der Waals surface area contributed by atoms with Gasteiger partial charge in [0.2, 0.25) is 0 Å². The van der Waals surface area contributed by atoms with Crippen LogP contribution >= 0.6 is 0 Å². The molecule has 59 heavy (non-hydrogen) atoms. The standard InChI is InChI=1S/C58H47N/c1-2-11-44(12-3-1)56-35-46(34-45-14-5-7-17-51(45)56)42-21-25-48(26-22-42)59(49-27-23-47(24-28-49)58-36-39-31-40(37-58)33-41(32-39)38-58)57-30-29-54(53-18-8-9-19-55(53)57)52-20-10-15-43-13-4-6-16-50(43)52/h1-30,34-35,39-41H,31-33,36-38H2. The minimum absolute atomic E-state index is 0.366. The quantitative estimate of drug-likeness (QED) is 0.156. The molecular weight excluding hydrogens is 711 g/mol. The maximum absolute atomic E-state index is 2.50. The number of rotatable bonds is 7. The molecule has 0 unspecified atom stereocenters. The normalized spacial score (nSPS) is 20.7. The molecule has 0 saturated heterocycles. The van der Waals surface area contributed by atoms with Crippen LogP contribution in [0.1, 0.15) is 44.1 Å². The van der Waals surface area contributed by atoms with Gasteiger partial charge in [0, 0.05) is 16.8 Å².